The fourth-order valence-electron chi connectivity index (χ4n) is 4.27. The smallest absolute Gasteiger partial charge is 0.258 e. The summed E-state index contributed by atoms with van der Waals surface area (Å²) in [6, 6.07) is 6.88. The van der Waals surface area contributed by atoms with Gasteiger partial charge < -0.3 is 10.3 Å². The molecule has 4 rings (SSSR count). The monoisotopic (exact) mass is 354 g/mol. The molecule has 0 spiro atoms. The third kappa shape index (κ3) is 3.44. The van der Waals surface area contributed by atoms with E-state index in [1.807, 2.05) is 18.2 Å². The van der Waals surface area contributed by atoms with Crippen LogP contribution in [0.1, 0.15) is 44.0 Å². The minimum absolute atomic E-state index is 0.0837. The Morgan fingerprint density at radius 2 is 1.85 bits per heavy atom. The van der Waals surface area contributed by atoms with Crippen molar-refractivity contribution in [2.75, 3.05) is 26.2 Å². The van der Waals surface area contributed by atoms with Gasteiger partial charge in [-0.1, -0.05) is 31.4 Å². The van der Waals surface area contributed by atoms with Crippen molar-refractivity contribution in [1.82, 2.24) is 20.2 Å². The summed E-state index contributed by atoms with van der Waals surface area (Å²) >= 11 is 0. The Bertz CT molecular complexity index is 835. The number of aromatic nitrogens is 2. The highest BCUT2D eigenvalue weighted by molar-refractivity contribution is 5.87. The van der Waals surface area contributed by atoms with E-state index in [0.29, 0.717) is 16.7 Å². The van der Waals surface area contributed by atoms with Crippen LogP contribution >= 0.6 is 0 Å². The highest BCUT2D eigenvalue weighted by atomic mass is 16.1. The van der Waals surface area contributed by atoms with Crippen LogP contribution in [-0.2, 0) is 4.79 Å². The van der Waals surface area contributed by atoms with Crippen LogP contribution in [0.15, 0.2) is 29.1 Å². The second-order valence-corrected chi connectivity index (χ2v) is 7.39. The van der Waals surface area contributed by atoms with Crippen molar-refractivity contribution in [2.24, 2.45) is 5.92 Å². The average molecular weight is 354 g/mol. The third-order valence-electron chi connectivity index (χ3n) is 5.68. The molecule has 1 saturated carbocycles. The number of piperazine rings is 1. The van der Waals surface area contributed by atoms with Crippen LogP contribution in [-0.4, -0.2) is 46.8 Å². The Labute approximate surface area is 153 Å². The third-order valence-corrected chi connectivity index (χ3v) is 5.68. The first kappa shape index (κ1) is 17.4. The molecule has 1 aliphatic carbocycles. The van der Waals surface area contributed by atoms with Gasteiger partial charge in [-0.05, 0) is 25.0 Å². The van der Waals surface area contributed by atoms with Crippen molar-refractivity contribution >= 4 is 16.7 Å². The number of hydrogen-bond donors (Lipinski definition) is 2. The Morgan fingerprint density at radius 1 is 1.12 bits per heavy atom. The van der Waals surface area contributed by atoms with Gasteiger partial charge in [0.25, 0.3) is 5.56 Å². The molecule has 0 amide bonds. The first-order valence-corrected chi connectivity index (χ1v) is 9.71. The molecule has 6 nitrogen and oxygen atoms in total. The fourth-order valence-corrected chi connectivity index (χ4v) is 4.27. The normalized spacial score (nSPS) is 20.9. The number of fused-ring (bicyclic) bond motifs is 1. The number of H-pyrrole nitrogens is 1. The highest BCUT2D eigenvalue weighted by Crippen LogP contribution is 2.31. The van der Waals surface area contributed by atoms with Crippen molar-refractivity contribution in [3.05, 3.63) is 40.4 Å². The minimum atomic E-state index is -0.447. The zero-order valence-corrected chi connectivity index (χ0v) is 15.0. The van der Waals surface area contributed by atoms with E-state index in [1.54, 1.807) is 6.07 Å². The van der Waals surface area contributed by atoms with Crippen molar-refractivity contribution in [2.45, 2.75) is 38.1 Å². The van der Waals surface area contributed by atoms with Crippen LogP contribution in [0.5, 0.6) is 0 Å². The lowest BCUT2D eigenvalue weighted by Crippen LogP contribution is -2.49. The number of hydrogen-bond acceptors (Lipinski definition) is 5. The standard InChI is InChI=1S/C20H26N4O2/c25-18(14-6-2-1-3-7-14)17(24-12-10-21-11-13-24)19-22-16-9-5-4-8-15(16)20(26)23-19/h4-5,8-9,14,17,21H,1-3,6-7,10-13H2,(H,22,23,26). The van der Waals surface area contributed by atoms with E-state index in [-0.39, 0.29) is 17.3 Å². The van der Waals surface area contributed by atoms with Gasteiger partial charge in [-0.3, -0.25) is 14.5 Å². The fraction of sp³-hybridized carbons (Fsp3) is 0.550. The van der Waals surface area contributed by atoms with Gasteiger partial charge in [0.15, 0.2) is 5.78 Å². The van der Waals surface area contributed by atoms with Crippen LogP contribution in [0.4, 0.5) is 0 Å². The van der Waals surface area contributed by atoms with E-state index in [1.165, 1.54) is 6.42 Å². The molecule has 2 heterocycles. The number of carbonyl (C=O) groups excluding carboxylic acids is 1. The molecule has 1 aliphatic heterocycles. The molecule has 1 aromatic heterocycles. The average Bonchev–Trinajstić information content (AvgIpc) is 2.70. The zero-order chi connectivity index (χ0) is 17.9. The summed E-state index contributed by atoms with van der Waals surface area (Å²) in [7, 11) is 0. The molecule has 0 bridgehead atoms. The number of rotatable bonds is 4. The lowest BCUT2D eigenvalue weighted by Gasteiger charge is -2.35. The zero-order valence-electron chi connectivity index (χ0n) is 15.0. The van der Waals surface area contributed by atoms with E-state index in [4.69, 9.17) is 0 Å². The Kier molecular flexibility index (Phi) is 5.13. The summed E-state index contributed by atoms with van der Waals surface area (Å²) in [6.45, 7) is 3.29. The number of aromatic amines is 1. The largest absolute Gasteiger partial charge is 0.314 e. The molecule has 0 radical (unpaired) electrons. The van der Waals surface area contributed by atoms with E-state index in [9.17, 15) is 9.59 Å². The molecule has 1 unspecified atom stereocenters. The van der Waals surface area contributed by atoms with Gasteiger partial charge in [-0.15, -0.1) is 0 Å². The Hall–Kier alpha value is -2.05. The topological polar surface area (TPSA) is 78.1 Å². The van der Waals surface area contributed by atoms with Gasteiger partial charge >= 0.3 is 0 Å². The number of nitrogens with zero attached hydrogens (tertiary/aromatic N) is 2. The van der Waals surface area contributed by atoms with Crippen molar-refractivity contribution < 1.29 is 4.79 Å². The van der Waals surface area contributed by atoms with E-state index < -0.39 is 6.04 Å². The Morgan fingerprint density at radius 3 is 2.62 bits per heavy atom. The molecule has 2 aromatic rings. The molecule has 26 heavy (non-hydrogen) atoms. The summed E-state index contributed by atoms with van der Waals surface area (Å²) in [5.74, 6) is 0.816. The molecule has 6 heteroatoms. The van der Waals surface area contributed by atoms with E-state index >= 15 is 0 Å². The lowest BCUT2D eigenvalue weighted by atomic mass is 9.83. The summed E-state index contributed by atoms with van der Waals surface area (Å²) in [6.07, 6.45) is 5.37. The molecular weight excluding hydrogens is 328 g/mol. The summed E-state index contributed by atoms with van der Waals surface area (Å²) in [4.78, 5) is 35.8. The second kappa shape index (κ2) is 7.68. The molecular formula is C20H26N4O2. The Balaban J connectivity index is 1.74. The summed E-state index contributed by atoms with van der Waals surface area (Å²) in [5, 5.41) is 3.91. The lowest BCUT2D eigenvalue weighted by molar-refractivity contribution is -0.130. The number of ketones is 1. The maximum atomic E-state index is 13.4. The van der Waals surface area contributed by atoms with Crippen molar-refractivity contribution in [1.29, 1.82) is 0 Å². The van der Waals surface area contributed by atoms with Gasteiger partial charge in [-0.25, -0.2) is 4.98 Å². The van der Waals surface area contributed by atoms with Crippen LogP contribution < -0.4 is 10.9 Å². The number of para-hydroxylation sites is 1. The number of benzene rings is 1. The van der Waals surface area contributed by atoms with Crippen LogP contribution in [0.3, 0.4) is 0 Å². The van der Waals surface area contributed by atoms with E-state index in [2.05, 4.69) is 20.2 Å². The van der Waals surface area contributed by atoms with Gasteiger partial charge in [0.2, 0.25) is 0 Å². The predicted octanol–water partition coefficient (Wildman–Crippen LogP) is 2.02. The van der Waals surface area contributed by atoms with Crippen LogP contribution in [0, 0.1) is 5.92 Å². The molecule has 1 saturated heterocycles. The second-order valence-electron chi connectivity index (χ2n) is 7.39. The van der Waals surface area contributed by atoms with Gasteiger partial charge in [0.05, 0.1) is 10.9 Å². The molecule has 2 aliphatic rings. The maximum Gasteiger partial charge on any atom is 0.258 e. The molecule has 1 aromatic carbocycles. The maximum absolute atomic E-state index is 13.4. The summed E-state index contributed by atoms with van der Waals surface area (Å²) < 4.78 is 0. The molecule has 2 N–H and O–H groups in total. The number of carbonyl (C=O) groups is 1. The van der Waals surface area contributed by atoms with Crippen molar-refractivity contribution in [3.8, 4) is 0 Å². The number of Topliss-reactive ketones (excluding diaryl/α,β-unsaturated/α-hetero) is 1. The molecule has 138 valence electrons. The van der Waals surface area contributed by atoms with E-state index in [0.717, 1.165) is 51.9 Å². The van der Waals surface area contributed by atoms with Crippen molar-refractivity contribution in [3.63, 3.8) is 0 Å². The van der Waals surface area contributed by atoms with Gasteiger partial charge in [0.1, 0.15) is 11.9 Å². The highest BCUT2D eigenvalue weighted by Gasteiger charge is 2.35. The molecule has 2 fully saturated rings. The van der Waals surface area contributed by atoms with Gasteiger partial charge in [0, 0.05) is 32.1 Å². The predicted molar refractivity (Wildman–Crippen MR) is 101 cm³/mol. The summed E-state index contributed by atoms with van der Waals surface area (Å²) in [5.41, 5.74) is 0.491. The molecule has 1 atom stereocenters. The van der Waals surface area contributed by atoms with Crippen LogP contribution in [0.2, 0.25) is 0 Å². The quantitative estimate of drug-likeness (QED) is 0.878. The van der Waals surface area contributed by atoms with Crippen LogP contribution in [0.25, 0.3) is 10.9 Å². The first-order valence-electron chi connectivity index (χ1n) is 9.71. The SMILES string of the molecule is O=C(C1CCCCC1)C(c1nc2ccccc2c(=O)[nH]1)N1CCNCC1. The first-order chi connectivity index (χ1) is 12.7. The minimum Gasteiger partial charge on any atom is -0.314 e. The van der Waals surface area contributed by atoms with Gasteiger partial charge in [-0.2, -0.15) is 0 Å². The number of nitrogens with one attached hydrogen (secondary N) is 2.